The quantitative estimate of drug-likeness (QED) is 0.746. The second kappa shape index (κ2) is 9.13. The standard InChI is InChI=1S/C17H23BrFN3O2/c1-2-3-6-20-16(23)12-21-7-9-22(10-8-21)17(24)14-11-13(19)4-5-15(14)18/h4-5,11H,2-3,6-10,12H2,1H3,(H,20,23). The summed E-state index contributed by atoms with van der Waals surface area (Å²) in [5.41, 5.74) is 0.334. The molecule has 0 saturated carbocycles. The zero-order valence-electron chi connectivity index (χ0n) is 13.9. The van der Waals surface area contributed by atoms with E-state index in [0.717, 1.165) is 12.8 Å². The maximum absolute atomic E-state index is 13.4. The highest BCUT2D eigenvalue weighted by Crippen LogP contribution is 2.20. The van der Waals surface area contributed by atoms with Gasteiger partial charge in [-0.15, -0.1) is 0 Å². The Hall–Kier alpha value is -1.47. The second-order valence-electron chi connectivity index (χ2n) is 5.90. The first-order valence-corrected chi connectivity index (χ1v) is 9.04. The maximum atomic E-state index is 13.4. The summed E-state index contributed by atoms with van der Waals surface area (Å²) in [5.74, 6) is -0.589. The SMILES string of the molecule is CCCCNC(=O)CN1CCN(C(=O)c2cc(F)ccc2Br)CC1. The summed E-state index contributed by atoms with van der Waals surface area (Å²) >= 11 is 3.29. The van der Waals surface area contributed by atoms with Crippen molar-refractivity contribution >= 4 is 27.7 Å². The van der Waals surface area contributed by atoms with Crippen molar-refractivity contribution in [1.29, 1.82) is 0 Å². The molecule has 1 N–H and O–H groups in total. The minimum absolute atomic E-state index is 0.0242. The van der Waals surface area contributed by atoms with Gasteiger partial charge in [-0.3, -0.25) is 14.5 Å². The van der Waals surface area contributed by atoms with Gasteiger partial charge in [-0.2, -0.15) is 0 Å². The molecule has 1 aromatic carbocycles. The molecule has 0 spiro atoms. The highest BCUT2D eigenvalue weighted by molar-refractivity contribution is 9.10. The molecule has 1 fully saturated rings. The van der Waals surface area contributed by atoms with Gasteiger partial charge in [-0.1, -0.05) is 13.3 Å². The van der Waals surface area contributed by atoms with E-state index >= 15 is 0 Å². The summed E-state index contributed by atoms with van der Waals surface area (Å²) in [6, 6.07) is 4.11. The molecule has 1 aliphatic heterocycles. The first-order chi connectivity index (χ1) is 11.5. The number of unbranched alkanes of at least 4 members (excludes halogenated alkanes) is 1. The predicted octanol–water partition coefficient (Wildman–Crippen LogP) is 2.26. The van der Waals surface area contributed by atoms with Crippen LogP contribution in [0.1, 0.15) is 30.1 Å². The summed E-state index contributed by atoms with van der Waals surface area (Å²) in [6.07, 6.45) is 2.03. The molecule has 1 aromatic rings. The molecule has 24 heavy (non-hydrogen) atoms. The molecule has 0 aromatic heterocycles. The van der Waals surface area contributed by atoms with Gasteiger partial charge in [0, 0.05) is 37.2 Å². The number of rotatable bonds is 6. The van der Waals surface area contributed by atoms with Gasteiger partial charge in [0.15, 0.2) is 0 Å². The van der Waals surface area contributed by atoms with Crippen LogP contribution in [-0.4, -0.2) is 60.9 Å². The molecule has 1 saturated heterocycles. The Labute approximate surface area is 150 Å². The van der Waals surface area contributed by atoms with Crippen LogP contribution in [0.25, 0.3) is 0 Å². The van der Waals surface area contributed by atoms with Crippen LogP contribution in [0.5, 0.6) is 0 Å². The van der Waals surface area contributed by atoms with E-state index in [1.165, 1.54) is 12.1 Å². The van der Waals surface area contributed by atoms with Gasteiger partial charge in [0.05, 0.1) is 12.1 Å². The Kier molecular flexibility index (Phi) is 7.17. The van der Waals surface area contributed by atoms with Gasteiger partial charge in [-0.05, 0) is 40.5 Å². The molecule has 5 nitrogen and oxygen atoms in total. The molecule has 7 heteroatoms. The van der Waals surface area contributed by atoms with Gasteiger partial charge in [0.25, 0.3) is 5.91 Å². The van der Waals surface area contributed by atoms with Crippen molar-refractivity contribution < 1.29 is 14.0 Å². The van der Waals surface area contributed by atoms with E-state index in [9.17, 15) is 14.0 Å². The van der Waals surface area contributed by atoms with Gasteiger partial charge >= 0.3 is 0 Å². The number of nitrogens with zero attached hydrogens (tertiary/aromatic N) is 2. The zero-order chi connectivity index (χ0) is 17.5. The summed E-state index contributed by atoms with van der Waals surface area (Å²) in [4.78, 5) is 28.1. The minimum atomic E-state index is -0.427. The second-order valence-corrected chi connectivity index (χ2v) is 6.75. The van der Waals surface area contributed by atoms with E-state index in [4.69, 9.17) is 0 Å². The molecule has 0 bridgehead atoms. The van der Waals surface area contributed by atoms with Crippen LogP contribution in [0, 0.1) is 5.82 Å². The molecule has 132 valence electrons. The Bertz CT molecular complexity index is 589. The number of halogens is 2. The van der Waals surface area contributed by atoms with E-state index in [2.05, 4.69) is 28.2 Å². The minimum Gasteiger partial charge on any atom is -0.355 e. The Morgan fingerprint density at radius 3 is 2.62 bits per heavy atom. The van der Waals surface area contributed by atoms with Crippen molar-refractivity contribution in [1.82, 2.24) is 15.1 Å². The molecular weight excluding hydrogens is 377 g/mol. The summed E-state index contributed by atoms with van der Waals surface area (Å²) < 4.78 is 14.0. The fraction of sp³-hybridized carbons (Fsp3) is 0.529. The number of benzene rings is 1. The number of hydrogen-bond donors (Lipinski definition) is 1. The maximum Gasteiger partial charge on any atom is 0.255 e. The lowest BCUT2D eigenvalue weighted by atomic mass is 10.1. The van der Waals surface area contributed by atoms with Crippen LogP contribution in [-0.2, 0) is 4.79 Å². The van der Waals surface area contributed by atoms with Crippen LogP contribution < -0.4 is 5.32 Å². The van der Waals surface area contributed by atoms with Crippen molar-refractivity contribution in [3.8, 4) is 0 Å². The number of hydrogen-bond acceptors (Lipinski definition) is 3. The summed E-state index contributed by atoms with van der Waals surface area (Å²) in [7, 11) is 0. The number of nitrogens with one attached hydrogen (secondary N) is 1. The van der Waals surface area contributed by atoms with Crippen molar-refractivity contribution in [3.63, 3.8) is 0 Å². The fourth-order valence-corrected chi connectivity index (χ4v) is 3.02. The van der Waals surface area contributed by atoms with Gasteiger partial charge in [-0.25, -0.2) is 4.39 Å². The highest BCUT2D eigenvalue weighted by atomic mass is 79.9. The predicted molar refractivity (Wildman–Crippen MR) is 94.4 cm³/mol. The van der Waals surface area contributed by atoms with Crippen molar-refractivity contribution in [2.24, 2.45) is 0 Å². The number of piperazine rings is 1. The number of amides is 2. The molecular formula is C17H23BrFN3O2. The molecule has 2 amide bonds. The molecule has 1 aliphatic rings. The molecule has 0 atom stereocenters. The van der Waals surface area contributed by atoms with Crippen molar-refractivity contribution in [2.45, 2.75) is 19.8 Å². The molecule has 2 rings (SSSR count). The van der Waals surface area contributed by atoms with E-state index in [0.29, 0.717) is 49.3 Å². The van der Waals surface area contributed by atoms with Gasteiger partial charge < -0.3 is 10.2 Å². The average molecular weight is 400 g/mol. The van der Waals surface area contributed by atoms with Crippen molar-refractivity contribution in [3.05, 3.63) is 34.1 Å². The molecule has 0 radical (unpaired) electrons. The third-order valence-corrected chi connectivity index (χ3v) is 4.73. The van der Waals surface area contributed by atoms with Crippen LogP contribution >= 0.6 is 15.9 Å². The van der Waals surface area contributed by atoms with Crippen LogP contribution in [0.2, 0.25) is 0 Å². The molecule has 0 aliphatic carbocycles. The number of carbonyl (C=O) groups excluding carboxylic acids is 2. The van der Waals surface area contributed by atoms with Gasteiger partial charge in [0.1, 0.15) is 5.82 Å². The van der Waals surface area contributed by atoms with E-state index in [-0.39, 0.29) is 11.8 Å². The normalized spacial score (nSPS) is 15.4. The van der Waals surface area contributed by atoms with Crippen molar-refractivity contribution in [2.75, 3.05) is 39.3 Å². The van der Waals surface area contributed by atoms with E-state index in [1.54, 1.807) is 11.0 Å². The largest absolute Gasteiger partial charge is 0.355 e. The third-order valence-electron chi connectivity index (χ3n) is 4.04. The summed E-state index contributed by atoms with van der Waals surface area (Å²) in [6.45, 7) is 5.49. The lowest BCUT2D eigenvalue weighted by molar-refractivity contribution is -0.122. The Morgan fingerprint density at radius 2 is 1.96 bits per heavy atom. The smallest absolute Gasteiger partial charge is 0.255 e. The van der Waals surface area contributed by atoms with Crippen LogP contribution in [0.15, 0.2) is 22.7 Å². The Balaban J connectivity index is 1.83. The van der Waals surface area contributed by atoms with Gasteiger partial charge in [0.2, 0.25) is 5.91 Å². The van der Waals surface area contributed by atoms with E-state index < -0.39 is 5.82 Å². The lowest BCUT2D eigenvalue weighted by Gasteiger charge is -2.34. The monoisotopic (exact) mass is 399 g/mol. The first kappa shape index (κ1) is 18.9. The van der Waals surface area contributed by atoms with Crippen LogP contribution in [0.3, 0.4) is 0 Å². The lowest BCUT2D eigenvalue weighted by Crippen LogP contribution is -2.51. The summed E-state index contributed by atoms with van der Waals surface area (Å²) in [5, 5.41) is 2.90. The molecule has 1 heterocycles. The molecule has 0 unspecified atom stereocenters. The Morgan fingerprint density at radius 1 is 1.25 bits per heavy atom. The first-order valence-electron chi connectivity index (χ1n) is 8.24. The van der Waals surface area contributed by atoms with Crippen LogP contribution in [0.4, 0.5) is 4.39 Å². The third kappa shape index (κ3) is 5.27. The highest BCUT2D eigenvalue weighted by Gasteiger charge is 2.24. The number of carbonyl (C=O) groups is 2. The average Bonchev–Trinajstić information content (AvgIpc) is 2.57. The zero-order valence-corrected chi connectivity index (χ0v) is 15.4. The fourth-order valence-electron chi connectivity index (χ4n) is 2.60. The van der Waals surface area contributed by atoms with E-state index in [1.807, 2.05) is 4.90 Å². The topological polar surface area (TPSA) is 52.7 Å².